The summed E-state index contributed by atoms with van der Waals surface area (Å²) in [7, 11) is 0. The molecule has 0 saturated carbocycles. The first-order chi connectivity index (χ1) is 15.7. The van der Waals surface area contributed by atoms with Gasteiger partial charge in [0.2, 0.25) is 0 Å². The van der Waals surface area contributed by atoms with Crippen molar-refractivity contribution in [3.8, 4) is 0 Å². The molecule has 0 heterocycles. The third-order valence-corrected chi connectivity index (χ3v) is 4.13. The lowest BCUT2D eigenvalue weighted by molar-refractivity contribution is -0.346. The zero-order valence-corrected chi connectivity index (χ0v) is 16.4. The van der Waals surface area contributed by atoms with E-state index in [2.05, 4.69) is 4.74 Å². The van der Waals surface area contributed by atoms with Crippen LogP contribution in [0.3, 0.4) is 0 Å². The highest BCUT2D eigenvalue weighted by Gasteiger charge is 2.73. The van der Waals surface area contributed by atoms with Crippen LogP contribution >= 0.6 is 0 Å². The van der Waals surface area contributed by atoms with E-state index in [0.29, 0.717) is 0 Å². The molecule has 4 atom stereocenters. The number of rotatable bonds is 10. The van der Waals surface area contributed by atoms with Gasteiger partial charge in [0, 0.05) is 0 Å². The van der Waals surface area contributed by atoms with Crippen molar-refractivity contribution in [1.82, 2.24) is 0 Å². The van der Waals surface area contributed by atoms with Crippen molar-refractivity contribution in [2.75, 3.05) is 0 Å². The molecule has 0 aromatic heterocycles. The molecule has 0 N–H and O–H groups in total. The number of ether oxygens (including phenoxy) is 1. The summed E-state index contributed by atoms with van der Waals surface area (Å²) in [4.78, 5) is 0. The molecule has 1 nitrogen and oxygen atoms in total. The fourth-order valence-corrected chi connectivity index (χ4v) is 2.20. The van der Waals surface area contributed by atoms with E-state index < -0.39 is 85.8 Å². The molecule has 0 aliphatic rings. The van der Waals surface area contributed by atoms with Crippen LogP contribution in [-0.2, 0) is 4.74 Å². The minimum Gasteiger partial charge on any atom is -0.356 e. The summed E-state index contributed by atoms with van der Waals surface area (Å²) in [6.07, 6.45) is -57.9. The highest BCUT2D eigenvalue weighted by molar-refractivity contribution is 4.99. The van der Waals surface area contributed by atoms with Crippen LogP contribution in [-0.4, -0.2) is 72.9 Å². The minimum absolute atomic E-state index is 2.69. The van der Waals surface area contributed by atoms with Gasteiger partial charge in [-0.2, -0.15) is 87.8 Å². The van der Waals surface area contributed by atoms with Gasteiger partial charge in [-0.25, -0.2) is 8.78 Å². The maximum absolute atomic E-state index is 13.5. The van der Waals surface area contributed by atoms with E-state index in [1.165, 1.54) is 0 Å². The average Bonchev–Trinajstić information content (AvgIpc) is 2.61. The van der Waals surface area contributed by atoms with Crippen LogP contribution < -0.4 is 0 Å². The first-order valence-corrected chi connectivity index (χ1v) is 8.44. The Morgan fingerprint density at radius 3 is 0.757 bits per heavy atom. The lowest BCUT2D eigenvalue weighted by Gasteiger charge is -2.36. The van der Waals surface area contributed by atoms with Crippen LogP contribution in [0.1, 0.15) is 12.8 Å². The van der Waals surface area contributed by atoms with E-state index >= 15 is 0 Å². The molecule has 0 amide bonds. The minimum atomic E-state index is -7.17. The molecule has 4 unspecified atom stereocenters. The van der Waals surface area contributed by atoms with Gasteiger partial charge < -0.3 is 4.74 Å². The van der Waals surface area contributed by atoms with E-state index in [4.69, 9.17) is 0 Å². The van der Waals surface area contributed by atoms with Crippen molar-refractivity contribution >= 4 is 0 Å². The van der Waals surface area contributed by atoms with Crippen molar-refractivity contribution in [2.45, 2.75) is 85.8 Å². The molecule has 0 rings (SSSR count). The largest absolute Gasteiger partial charge is 0.425 e. The van der Waals surface area contributed by atoms with Crippen molar-refractivity contribution in [1.29, 1.82) is 0 Å². The highest BCUT2D eigenvalue weighted by Crippen LogP contribution is 2.51. The van der Waals surface area contributed by atoms with E-state index in [1.807, 2.05) is 0 Å². The number of alkyl halides is 22. The predicted octanol–water partition coefficient (Wildman–Crippen LogP) is 7.99. The second-order valence-electron chi connectivity index (χ2n) is 7.07. The van der Waals surface area contributed by atoms with E-state index in [0.717, 1.165) is 0 Å². The molecule has 0 fully saturated rings. The van der Waals surface area contributed by atoms with Crippen LogP contribution in [0.5, 0.6) is 0 Å². The summed E-state index contributed by atoms with van der Waals surface area (Å²) in [5.41, 5.74) is 0. The summed E-state index contributed by atoms with van der Waals surface area (Å²) >= 11 is 0. The van der Waals surface area contributed by atoms with Gasteiger partial charge in [-0.3, -0.25) is 0 Å². The smallest absolute Gasteiger partial charge is 0.356 e. The van der Waals surface area contributed by atoms with Crippen LogP contribution in [0.15, 0.2) is 0 Å². The molecule has 0 aliphatic carbocycles. The van der Waals surface area contributed by atoms with Gasteiger partial charge in [0.05, 0.1) is 12.8 Å². The third-order valence-electron chi connectivity index (χ3n) is 4.13. The normalized spacial score (nSPS) is 19.0. The molecule has 0 bridgehead atoms. The first-order valence-electron chi connectivity index (χ1n) is 8.44. The molecular formula is C14H8F22O. The standard InChI is InChI=1S/C14H8F22O/c15-5(13(31,32)33)9(21,22)7(17,18)1-3(11(25,26)27)37-4(12(28,29)30)2-8(19,20)10(23,24)6(16)14(34,35)36/h3-6H,1-2H2. The number of hydrogen-bond acceptors (Lipinski definition) is 1. The van der Waals surface area contributed by atoms with Crippen molar-refractivity contribution in [2.24, 2.45) is 0 Å². The van der Waals surface area contributed by atoms with Gasteiger partial charge in [0.1, 0.15) is 0 Å². The fraction of sp³-hybridized carbons (Fsp3) is 1.00. The van der Waals surface area contributed by atoms with E-state index in [1.54, 1.807) is 0 Å². The number of hydrogen-bond donors (Lipinski definition) is 0. The lowest BCUT2D eigenvalue weighted by Crippen LogP contribution is -2.58. The fourth-order valence-electron chi connectivity index (χ4n) is 2.20. The maximum atomic E-state index is 13.5. The molecule has 0 radical (unpaired) electrons. The molecule has 0 spiro atoms. The SMILES string of the molecule is FC(C(F)(F)F)C(F)(F)C(F)(F)CC(OC(CC(F)(F)C(F)(F)C(F)C(F)(F)F)C(F)(F)F)C(F)(F)F. The third kappa shape index (κ3) is 8.20. The Morgan fingerprint density at radius 2 is 0.595 bits per heavy atom. The Hall–Kier alpha value is -1.58. The van der Waals surface area contributed by atoms with Gasteiger partial charge in [0.25, 0.3) is 12.3 Å². The topological polar surface area (TPSA) is 9.23 Å². The van der Waals surface area contributed by atoms with Crippen molar-refractivity contribution in [3.63, 3.8) is 0 Å². The molecule has 0 aromatic carbocycles. The summed E-state index contributed by atoms with van der Waals surface area (Å²) in [5.74, 6) is -28.2. The van der Waals surface area contributed by atoms with Crippen LogP contribution in [0, 0.1) is 0 Å². The summed E-state index contributed by atoms with van der Waals surface area (Å²) in [5, 5.41) is 0. The molecule has 0 saturated heterocycles. The molecule has 0 aromatic rings. The Labute approximate surface area is 188 Å². The zero-order valence-electron chi connectivity index (χ0n) is 16.4. The summed E-state index contributed by atoms with van der Waals surface area (Å²) in [6.45, 7) is 0. The molecule has 37 heavy (non-hydrogen) atoms. The predicted molar refractivity (Wildman–Crippen MR) is 71.7 cm³/mol. The summed E-state index contributed by atoms with van der Waals surface area (Å²) in [6, 6.07) is 0. The molecule has 0 aliphatic heterocycles. The Kier molecular flexibility index (Phi) is 9.76. The summed E-state index contributed by atoms with van der Waals surface area (Å²) < 4.78 is 284. The quantitative estimate of drug-likeness (QED) is 0.228. The zero-order chi connectivity index (χ0) is 30.4. The molecular weight excluding hydrogens is 602 g/mol. The van der Waals surface area contributed by atoms with Crippen molar-refractivity contribution in [3.05, 3.63) is 0 Å². The van der Waals surface area contributed by atoms with E-state index in [-0.39, 0.29) is 0 Å². The van der Waals surface area contributed by atoms with Gasteiger partial charge in [0.15, 0.2) is 12.2 Å². The Balaban J connectivity index is 6.37. The highest BCUT2D eigenvalue weighted by atomic mass is 19.4. The van der Waals surface area contributed by atoms with E-state index in [9.17, 15) is 96.6 Å². The van der Waals surface area contributed by atoms with Crippen LogP contribution in [0.4, 0.5) is 96.6 Å². The second-order valence-corrected chi connectivity index (χ2v) is 7.07. The Bertz CT molecular complexity index is 678. The van der Waals surface area contributed by atoms with Crippen molar-refractivity contribution < 1.29 is 101 Å². The van der Waals surface area contributed by atoms with Gasteiger partial charge in [-0.1, -0.05) is 0 Å². The number of halogens is 22. The second kappa shape index (κ2) is 10.2. The average molecular weight is 610 g/mol. The Morgan fingerprint density at radius 1 is 0.378 bits per heavy atom. The lowest BCUT2D eigenvalue weighted by atomic mass is 9.98. The molecule has 23 heteroatoms. The monoisotopic (exact) mass is 610 g/mol. The maximum Gasteiger partial charge on any atom is 0.425 e. The molecule has 224 valence electrons. The van der Waals surface area contributed by atoms with Crippen LogP contribution in [0.2, 0.25) is 0 Å². The van der Waals surface area contributed by atoms with Crippen LogP contribution in [0.25, 0.3) is 0 Å². The van der Waals surface area contributed by atoms with Gasteiger partial charge in [-0.15, -0.1) is 0 Å². The first kappa shape index (κ1) is 35.4. The van der Waals surface area contributed by atoms with Gasteiger partial charge >= 0.3 is 48.4 Å². The van der Waals surface area contributed by atoms with Gasteiger partial charge in [-0.05, 0) is 0 Å².